The minimum absolute atomic E-state index is 0. The molecule has 0 radical (unpaired) electrons. The van der Waals surface area contributed by atoms with Gasteiger partial charge in [0.15, 0.2) is 0 Å². The predicted molar refractivity (Wildman–Crippen MR) is 111 cm³/mol. The quantitative estimate of drug-likeness (QED) is 0.615. The summed E-state index contributed by atoms with van der Waals surface area (Å²) >= 11 is 0. The SMILES string of the molecule is Cl.Nc1ccc(CCNC(=O)c2cnn(CC(=O)NC3CCCCC3)c2)cc1. The predicted octanol–water partition coefficient (Wildman–Crippen LogP) is 2.31. The van der Waals surface area contributed by atoms with Crippen molar-refractivity contribution in [2.75, 3.05) is 12.3 Å². The van der Waals surface area contributed by atoms with Gasteiger partial charge in [0.2, 0.25) is 5.91 Å². The summed E-state index contributed by atoms with van der Waals surface area (Å²) < 4.78 is 1.51. The number of anilines is 1. The first-order valence-electron chi connectivity index (χ1n) is 9.54. The van der Waals surface area contributed by atoms with E-state index in [-0.39, 0.29) is 36.8 Å². The van der Waals surface area contributed by atoms with E-state index in [9.17, 15) is 9.59 Å². The van der Waals surface area contributed by atoms with Crippen LogP contribution < -0.4 is 16.4 Å². The number of rotatable bonds is 7. The molecule has 1 fully saturated rings. The number of aromatic nitrogens is 2. The lowest BCUT2D eigenvalue weighted by atomic mass is 9.95. The fourth-order valence-electron chi connectivity index (χ4n) is 3.34. The zero-order valence-corrected chi connectivity index (χ0v) is 16.7. The summed E-state index contributed by atoms with van der Waals surface area (Å²) in [7, 11) is 0. The number of nitrogen functional groups attached to an aromatic ring is 1. The molecule has 2 amide bonds. The Balaban J connectivity index is 0.00000280. The maximum Gasteiger partial charge on any atom is 0.254 e. The first-order valence-corrected chi connectivity index (χ1v) is 9.54. The first kappa shape index (κ1) is 21.8. The third-order valence-corrected chi connectivity index (χ3v) is 4.85. The summed E-state index contributed by atoms with van der Waals surface area (Å²) in [6, 6.07) is 7.87. The smallest absolute Gasteiger partial charge is 0.254 e. The van der Waals surface area contributed by atoms with Crippen molar-refractivity contribution in [2.45, 2.75) is 51.1 Å². The van der Waals surface area contributed by atoms with Crippen LogP contribution in [-0.4, -0.2) is 34.2 Å². The van der Waals surface area contributed by atoms with Crippen LogP contribution >= 0.6 is 12.4 Å². The van der Waals surface area contributed by atoms with Crippen molar-refractivity contribution in [2.24, 2.45) is 0 Å². The second-order valence-corrected chi connectivity index (χ2v) is 7.08. The summed E-state index contributed by atoms with van der Waals surface area (Å²) in [5.41, 5.74) is 7.95. The van der Waals surface area contributed by atoms with E-state index < -0.39 is 0 Å². The van der Waals surface area contributed by atoms with Crippen LogP contribution in [0.5, 0.6) is 0 Å². The molecule has 3 rings (SSSR count). The minimum Gasteiger partial charge on any atom is -0.399 e. The number of halogens is 1. The molecular weight excluding hydrogens is 378 g/mol. The summed E-state index contributed by atoms with van der Waals surface area (Å²) in [4.78, 5) is 24.4. The van der Waals surface area contributed by atoms with E-state index in [1.54, 1.807) is 6.20 Å². The molecule has 1 aromatic carbocycles. The Morgan fingerprint density at radius 1 is 1.14 bits per heavy atom. The highest BCUT2D eigenvalue weighted by molar-refractivity contribution is 5.93. The normalized spacial score (nSPS) is 14.1. The molecule has 0 spiro atoms. The van der Waals surface area contributed by atoms with E-state index in [1.165, 1.54) is 30.1 Å². The Morgan fingerprint density at radius 3 is 2.57 bits per heavy atom. The zero-order chi connectivity index (χ0) is 19.1. The Bertz CT molecular complexity index is 769. The lowest BCUT2D eigenvalue weighted by Crippen LogP contribution is -2.38. The molecule has 1 saturated carbocycles. The van der Waals surface area contributed by atoms with Gasteiger partial charge in [0.25, 0.3) is 5.91 Å². The molecule has 8 heteroatoms. The molecule has 0 atom stereocenters. The second-order valence-electron chi connectivity index (χ2n) is 7.08. The highest BCUT2D eigenvalue weighted by Crippen LogP contribution is 2.17. The average Bonchev–Trinajstić information content (AvgIpc) is 3.12. The molecule has 1 aliphatic rings. The van der Waals surface area contributed by atoms with Gasteiger partial charge in [0, 0.05) is 24.5 Å². The van der Waals surface area contributed by atoms with Gasteiger partial charge in [0.05, 0.1) is 11.8 Å². The van der Waals surface area contributed by atoms with Crippen LogP contribution in [0.4, 0.5) is 5.69 Å². The Labute approximate surface area is 171 Å². The molecular formula is C20H28ClN5O2. The second kappa shape index (κ2) is 10.7. The van der Waals surface area contributed by atoms with Crippen molar-refractivity contribution in [3.63, 3.8) is 0 Å². The van der Waals surface area contributed by atoms with Crippen molar-refractivity contribution in [1.29, 1.82) is 0 Å². The summed E-state index contributed by atoms with van der Waals surface area (Å²) in [6.07, 6.45) is 9.53. The summed E-state index contributed by atoms with van der Waals surface area (Å²) in [5, 5.41) is 10.1. The monoisotopic (exact) mass is 405 g/mol. The maximum atomic E-state index is 12.2. The molecule has 152 valence electrons. The van der Waals surface area contributed by atoms with Crippen molar-refractivity contribution >= 4 is 29.9 Å². The lowest BCUT2D eigenvalue weighted by Gasteiger charge is -2.22. The number of nitrogens with one attached hydrogen (secondary N) is 2. The highest BCUT2D eigenvalue weighted by atomic mass is 35.5. The number of hydrogen-bond acceptors (Lipinski definition) is 4. The van der Waals surface area contributed by atoms with Crippen molar-refractivity contribution in [3.05, 3.63) is 47.8 Å². The molecule has 1 heterocycles. The van der Waals surface area contributed by atoms with E-state index in [4.69, 9.17) is 5.73 Å². The lowest BCUT2D eigenvalue weighted by molar-refractivity contribution is -0.122. The molecule has 0 bridgehead atoms. The fourth-order valence-corrected chi connectivity index (χ4v) is 3.34. The van der Waals surface area contributed by atoms with Crippen LogP contribution in [0.25, 0.3) is 0 Å². The summed E-state index contributed by atoms with van der Waals surface area (Å²) in [6.45, 7) is 0.658. The Morgan fingerprint density at radius 2 is 1.86 bits per heavy atom. The largest absolute Gasteiger partial charge is 0.399 e. The van der Waals surface area contributed by atoms with E-state index >= 15 is 0 Å². The Hall–Kier alpha value is -2.54. The van der Waals surface area contributed by atoms with Crippen LogP contribution in [0.15, 0.2) is 36.7 Å². The van der Waals surface area contributed by atoms with Gasteiger partial charge in [-0.15, -0.1) is 12.4 Å². The standard InChI is InChI=1S/C20H27N5O2.ClH/c21-17-8-6-15(7-9-17)10-11-22-20(27)16-12-23-25(13-16)14-19(26)24-18-4-2-1-3-5-18;/h6-9,12-13,18H,1-5,10-11,14,21H2,(H,22,27)(H,24,26);1H. The number of carbonyl (C=O) groups is 2. The molecule has 1 aromatic heterocycles. The van der Waals surface area contributed by atoms with Gasteiger partial charge in [0.1, 0.15) is 6.54 Å². The van der Waals surface area contributed by atoms with Crippen LogP contribution in [0.3, 0.4) is 0 Å². The summed E-state index contributed by atoms with van der Waals surface area (Å²) in [5.74, 6) is -0.246. The molecule has 0 aliphatic heterocycles. The van der Waals surface area contributed by atoms with Gasteiger partial charge in [-0.1, -0.05) is 31.4 Å². The zero-order valence-electron chi connectivity index (χ0n) is 15.9. The number of nitrogens with zero attached hydrogens (tertiary/aromatic N) is 2. The molecule has 7 nitrogen and oxygen atoms in total. The molecule has 0 unspecified atom stereocenters. The number of amides is 2. The van der Waals surface area contributed by atoms with E-state index in [0.29, 0.717) is 12.1 Å². The fraction of sp³-hybridized carbons (Fsp3) is 0.450. The van der Waals surface area contributed by atoms with Crippen LogP contribution in [0.2, 0.25) is 0 Å². The van der Waals surface area contributed by atoms with Gasteiger partial charge in [-0.05, 0) is 37.0 Å². The van der Waals surface area contributed by atoms with Crippen LogP contribution in [0, 0.1) is 0 Å². The van der Waals surface area contributed by atoms with E-state index in [1.807, 2.05) is 24.3 Å². The van der Waals surface area contributed by atoms with E-state index in [2.05, 4.69) is 15.7 Å². The third-order valence-electron chi connectivity index (χ3n) is 4.85. The first-order chi connectivity index (χ1) is 13.1. The van der Waals surface area contributed by atoms with Crippen LogP contribution in [-0.2, 0) is 17.8 Å². The average molecular weight is 406 g/mol. The minimum atomic E-state index is -0.190. The molecule has 28 heavy (non-hydrogen) atoms. The molecule has 2 aromatic rings. The number of nitrogens with two attached hydrogens (primary N) is 1. The molecule has 0 saturated heterocycles. The van der Waals surface area contributed by atoms with Gasteiger partial charge in [-0.3, -0.25) is 14.3 Å². The maximum absolute atomic E-state index is 12.2. The highest BCUT2D eigenvalue weighted by Gasteiger charge is 2.16. The van der Waals surface area contributed by atoms with Gasteiger partial charge in [-0.25, -0.2) is 0 Å². The number of carbonyl (C=O) groups excluding carboxylic acids is 2. The number of benzene rings is 1. The molecule has 1 aliphatic carbocycles. The van der Waals surface area contributed by atoms with Crippen molar-refractivity contribution in [3.8, 4) is 0 Å². The van der Waals surface area contributed by atoms with E-state index in [0.717, 1.165) is 30.5 Å². The van der Waals surface area contributed by atoms with Crippen molar-refractivity contribution < 1.29 is 9.59 Å². The third kappa shape index (κ3) is 6.56. The van der Waals surface area contributed by atoms with Crippen molar-refractivity contribution in [1.82, 2.24) is 20.4 Å². The van der Waals surface area contributed by atoms with Gasteiger partial charge < -0.3 is 16.4 Å². The Kier molecular flexibility index (Phi) is 8.32. The molecule has 4 N–H and O–H groups in total. The van der Waals surface area contributed by atoms with Crippen LogP contribution in [0.1, 0.15) is 48.0 Å². The van der Waals surface area contributed by atoms with Gasteiger partial charge in [-0.2, -0.15) is 5.10 Å². The topological polar surface area (TPSA) is 102 Å². The number of hydrogen-bond donors (Lipinski definition) is 3. The van der Waals surface area contributed by atoms with Gasteiger partial charge >= 0.3 is 0 Å².